The van der Waals surface area contributed by atoms with Crippen LogP contribution in [0.15, 0.2) is 60.7 Å². The molecule has 3 heteroatoms. The van der Waals surface area contributed by atoms with Gasteiger partial charge in [-0.25, -0.2) is 0 Å². The Morgan fingerprint density at radius 3 is 2.61 bits per heavy atom. The summed E-state index contributed by atoms with van der Waals surface area (Å²) in [7, 11) is 0. The SMILES string of the molecule is CCC1(Cc2ccc3ccccc3n2)Nc2ccccc2C1=O. The zero-order chi connectivity index (χ0) is 15.9. The number of carbonyl (C=O) groups is 1. The van der Waals surface area contributed by atoms with Crippen molar-refractivity contribution in [3.05, 3.63) is 71.9 Å². The van der Waals surface area contributed by atoms with Crippen LogP contribution in [0, 0.1) is 0 Å². The van der Waals surface area contributed by atoms with Crippen molar-refractivity contribution in [1.82, 2.24) is 4.98 Å². The number of pyridine rings is 1. The molecule has 0 spiro atoms. The topological polar surface area (TPSA) is 42.0 Å². The number of para-hydroxylation sites is 2. The maximum absolute atomic E-state index is 12.9. The summed E-state index contributed by atoms with van der Waals surface area (Å²) >= 11 is 0. The molecule has 0 saturated heterocycles. The van der Waals surface area contributed by atoms with Crippen LogP contribution in [0.2, 0.25) is 0 Å². The number of rotatable bonds is 3. The number of carbonyl (C=O) groups excluding carboxylic acids is 1. The Labute approximate surface area is 135 Å². The summed E-state index contributed by atoms with van der Waals surface area (Å²) in [6.45, 7) is 2.05. The quantitative estimate of drug-likeness (QED) is 0.787. The minimum Gasteiger partial charge on any atom is -0.372 e. The highest BCUT2D eigenvalue weighted by atomic mass is 16.1. The van der Waals surface area contributed by atoms with E-state index in [9.17, 15) is 4.79 Å². The maximum atomic E-state index is 12.9. The lowest BCUT2D eigenvalue weighted by molar-refractivity contribution is 0.0914. The van der Waals surface area contributed by atoms with Gasteiger partial charge in [0.1, 0.15) is 5.54 Å². The van der Waals surface area contributed by atoms with Gasteiger partial charge in [0.15, 0.2) is 5.78 Å². The standard InChI is InChI=1S/C20H18N2O/c1-2-20(19(23)16-8-4-6-10-18(16)22-20)13-15-12-11-14-7-3-5-9-17(14)21-15/h3-12,22H,2,13H2,1H3. The number of nitrogens with one attached hydrogen (secondary N) is 1. The first-order valence-electron chi connectivity index (χ1n) is 7.98. The molecule has 0 radical (unpaired) electrons. The number of hydrogen-bond donors (Lipinski definition) is 1. The highest BCUT2D eigenvalue weighted by Gasteiger charge is 2.43. The number of nitrogens with zero attached hydrogens (tertiary/aromatic N) is 1. The third-order valence-electron chi connectivity index (χ3n) is 4.72. The summed E-state index contributed by atoms with van der Waals surface area (Å²) < 4.78 is 0. The normalized spacial score (nSPS) is 19.6. The Morgan fingerprint density at radius 1 is 1.00 bits per heavy atom. The Morgan fingerprint density at radius 2 is 1.78 bits per heavy atom. The summed E-state index contributed by atoms with van der Waals surface area (Å²) in [4.78, 5) is 17.7. The van der Waals surface area contributed by atoms with Crippen molar-refractivity contribution in [1.29, 1.82) is 0 Å². The predicted octanol–water partition coefficient (Wildman–Crippen LogP) is 4.23. The Hall–Kier alpha value is -2.68. The highest BCUT2D eigenvalue weighted by Crippen LogP contribution is 2.36. The van der Waals surface area contributed by atoms with E-state index in [2.05, 4.69) is 24.4 Å². The maximum Gasteiger partial charge on any atom is 0.190 e. The molecule has 4 rings (SSSR count). The summed E-state index contributed by atoms with van der Waals surface area (Å²) in [6.07, 6.45) is 1.33. The van der Waals surface area contributed by atoms with Crippen LogP contribution in [0.1, 0.15) is 29.4 Å². The molecular formula is C20H18N2O. The lowest BCUT2D eigenvalue weighted by Gasteiger charge is -2.27. The second kappa shape index (κ2) is 5.20. The van der Waals surface area contributed by atoms with E-state index in [1.54, 1.807) is 0 Å². The van der Waals surface area contributed by atoms with Crippen LogP contribution in [0.4, 0.5) is 5.69 Å². The molecule has 1 aromatic heterocycles. The average Bonchev–Trinajstić information content (AvgIpc) is 2.88. The average molecular weight is 302 g/mol. The van der Waals surface area contributed by atoms with Crippen LogP contribution in [0.3, 0.4) is 0 Å². The fourth-order valence-electron chi connectivity index (χ4n) is 3.38. The summed E-state index contributed by atoms with van der Waals surface area (Å²) in [5.41, 5.74) is 3.05. The Kier molecular flexibility index (Phi) is 3.15. The molecule has 114 valence electrons. The molecule has 1 N–H and O–H groups in total. The van der Waals surface area contributed by atoms with Gasteiger partial charge in [-0.05, 0) is 30.7 Å². The number of benzene rings is 2. The Balaban J connectivity index is 1.72. The monoisotopic (exact) mass is 302 g/mol. The fraction of sp³-hybridized carbons (Fsp3) is 0.200. The van der Waals surface area contributed by atoms with E-state index in [1.807, 2.05) is 48.5 Å². The molecule has 2 aromatic carbocycles. The van der Waals surface area contributed by atoms with Gasteiger partial charge >= 0.3 is 0 Å². The number of anilines is 1. The van der Waals surface area contributed by atoms with E-state index >= 15 is 0 Å². The summed E-state index contributed by atoms with van der Waals surface area (Å²) in [5.74, 6) is 0.172. The van der Waals surface area contributed by atoms with Crippen molar-refractivity contribution in [2.45, 2.75) is 25.3 Å². The van der Waals surface area contributed by atoms with Crippen molar-refractivity contribution in [3.63, 3.8) is 0 Å². The summed E-state index contributed by atoms with van der Waals surface area (Å²) in [6, 6.07) is 19.9. The van der Waals surface area contributed by atoms with Crippen LogP contribution in [-0.2, 0) is 6.42 Å². The minimum absolute atomic E-state index is 0.172. The number of aromatic nitrogens is 1. The fourth-order valence-corrected chi connectivity index (χ4v) is 3.38. The Bertz CT molecular complexity index is 903. The van der Waals surface area contributed by atoms with Crippen LogP contribution in [-0.4, -0.2) is 16.3 Å². The van der Waals surface area contributed by atoms with E-state index in [0.29, 0.717) is 6.42 Å². The smallest absolute Gasteiger partial charge is 0.190 e. The minimum atomic E-state index is -0.584. The molecule has 0 amide bonds. The second-order valence-corrected chi connectivity index (χ2v) is 6.11. The molecule has 0 aliphatic carbocycles. The molecule has 1 aliphatic rings. The molecule has 3 aromatic rings. The lowest BCUT2D eigenvalue weighted by atomic mass is 9.86. The molecular weight excluding hydrogens is 284 g/mol. The molecule has 0 fully saturated rings. The van der Waals surface area contributed by atoms with Crippen molar-refractivity contribution in [2.75, 3.05) is 5.32 Å². The molecule has 1 atom stereocenters. The molecule has 2 heterocycles. The van der Waals surface area contributed by atoms with Gasteiger partial charge in [0, 0.05) is 28.8 Å². The first kappa shape index (κ1) is 13.9. The van der Waals surface area contributed by atoms with Gasteiger partial charge in [0.05, 0.1) is 5.52 Å². The van der Waals surface area contributed by atoms with E-state index in [1.165, 1.54) is 0 Å². The van der Waals surface area contributed by atoms with E-state index in [4.69, 9.17) is 4.98 Å². The second-order valence-electron chi connectivity index (χ2n) is 6.11. The van der Waals surface area contributed by atoms with Crippen molar-refractivity contribution >= 4 is 22.4 Å². The van der Waals surface area contributed by atoms with Crippen molar-refractivity contribution < 1.29 is 4.79 Å². The van der Waals surface area contributed by atoms with E-state index in [-0.39, 0.29) is 5.78 Å². The first-order chi connectivity index (χ1) is 11.2. The molecule has 0 saturated carbocycles. The molecule has 0 bridgehead atoms. The lowest BCUT2D eigenvalue weighted by Crippen LogP contribution is -2.43. The number of fused-ring (bicyclic) bond motifs is 2. The third kappa shape index (κ3) is 2.20. The number of ketones is 1. The summed E-state index contributed by atoms with van der Waals surface area (Å²) in [5, 5.41) is 4.58. The molecule has 1 unspecified atom stereocenters. The number of Topliss-reactive ketones (excluding diaryl/α,β-unsaturated/α-hetero) is 1. The van der Waals surface area contributed by atoms with Gasteiger partial charge in [0.25, 0.3) is 0 Å². The van der Waals surface area contributed by atoms with Gasteiger partial charge in [-0.3, -0.25) is 9.78 Å². The number of hydrogen-bond acceptors (Lipinski definition) is 3. The molecule has 1 aliphatic heterocycles. The van der Waals surface area contributed by atoms with Crippen LogP contribution in [0.5, 0.6) is 0 Å². The van der Waals surface area contributed by atoms with Gasteiger partial charge in [-0.15, -0.1) is 0 Å². The van der Waals surface area contributed by atoms with Crippen molar-refractivity contribution in [2.24, 2.45) is 0 Å². The van der Waals surface area contributed by atoms with Crippen LogP contribution >= 0.6 is 0 Å². The van der Waals surface area contributed by atoms with Gasteiger partial charge in [-0.1, -0.05) is 43.3 Å². The largest absolute Gasteiger partial charge is 0.372 e. The van der Waals surface area contributed by atoms with Crippen LogP contribution in [0.25, 0.3) is 10.9 Å². The third-order valence-corrected chi connectivity index (χ3v) is 4.72. The zero-order valence-electron chi connectivity index (χ0n) is 13.0. The van der Waals surface area contributed by atoms with E-state index < -0.39 is 5.54 Å². The molecule has 23 heavy (non-hydrogen) atoms. The van der Waals surface area contributed by atoms with Crippen molar-refractivity contribution in [3.8, 4) is 0 Å². The zero-order valence-corrected chi connectivity index (χ0v) is 13.0. The first-order valence-corrected chi connectivity index (χ1v) is 7.98. The van der Waals surface area contributed by atoms with Gasteiger partial charge in [0.2, 0.25) is 0 Å². The van der Waals surface area contributed by atoms with Gasteiger partial charge < -0.3 is 5.32 Å². The van der Waals surface area contributed by atoms with Crippen LogP contribution < -0.4 is 5.32 Å². The van der Waals surface area contributed by atoms with Gasteiger partial charge in [-0.2, -0.15) is 0 Å². The van der Waals surface area contributed by atoms with E-state index in [0.717, 1.165) is 34.3 Å². The highest BCUT2D eigenvalue weighted by molar-refractivity contribution is 6.13. The predicted molar refractivity (Wildman–Crippen MR) is 92.9 cm³/mol. The molecule has 3 nitrogen and oxygen atoms in total.